The SMILES string of the molecule is O=C(c1[nH]ncc1Cl)N1CCCCN2CCCCC2CCc2cccc(c2)OCC1. The summed E-state index contributed by atoms with van der Waals surface area (Å²) >= 11 is 6.13. The van der Waals surface area contributed by atoms with Gasteiger partial charge >= 0.3 is 0 Å². The minimum Gasteiger partial charge on any atom is -0.492 e. The maximum Gasteiger partial charge on any atom is 0.273 e. The molecule has 2 bridgehead atoms. The van der Waals surface area contributed by atoms with Crippen molar-refractivity contribution in [2.75, 3.05) is 32.8 Å². The highest BCUT2D eigenvalue weighted by Gasteiger charge is 2.23. The molecule has 6 nitrogen and oxygen atoms in total. The van der Waals surface area contributed by atoms with Crippen LogP contribution in [0.4, 0.5) is 0 Å². The minimum atomic E-state index is -0.116. The number of aromatic nitrogens is 2. The Morgan fingerprint density at radius 1 is 1.10 bits per heavy atom. The van der Waals surface area contributed by atoms with E-state index >= 15 is 0 Å². The van der Waals surface area contributed by atoms with Crippen LogP contribution in [0, 0.1) is 0 Å². The van der Waals surface area contributed by atoms with Crippen molar-refractivity contribution in [2.24, 2.45) is 0 Å². The zero-order valence-corrected chi connectivity index (χ0v) is 18.2. The number of aryl methyl sites for hydroxylation is 1. The number of H-pyrrole nitrogens is 1. The summed E-state index contributed by atoms with van der Waals surface area (Å²) in [5, 5.41) is 6.99. The third kappa shape index (κ3) is 5.35. The third-order valence-corrected chi connectivity index (χ3v) is 6.55. The molecule has 1 fully saturated rings. The highest BCUT2D eigenvalue weighted by atomic mass is 35.5. The van der Waals surface area contributed by atoms with E-state index in [1.165, 1.54) is 44.0 Å². The van der Waals surface area contributed by atoms with E-state index in [1.54, 1.807) is 0 Å². The average Bonchev–Trinajstić information content (AvgIpc) is 3.19. The second kappa shape index (κ2) is 10.3. The van der Waals surface area contributed by atoms with E-state index < -0.39 is 0 Å². The Hall–Kier alpha value is -2.05. The molecule has 162 valence electrons. The molecule has 0 spiro atoms. The number of benzene rings is 1. The van der Waals surface area contributed by atoms with Gasteiger partial charge in [0.1, 0.15) is 18.1 Å². The van der Waals surface area contributed by atoms with Crippen LogP contribution in [0.25, 0.3) is 0 Å². The lowest BCUT2D eigenvalue weighted by Gasteiger charge is -2.36. The Kier molecular flexibility index (Phi) is 7.28. The molecule has 1 amide bonds. The number of halogens is 1. The number of carbonyl (C=O) groups is 1. The van der Waals surface area contributed by atoms with Crippen LogP contribution in [0.1, 0.15) is 54.6 Å². The summed E-state index contributed by atoms with van der Waals surface area (Å²) in [6.07, 6.45) is 9.73. The molecule has 1 saturated heterocycles. The zero-order valence-electron chi connectivity index (χ0n) is 17.5. The normalized spacial score (nSPS) is 21.8. The van der Waals surface area contributed by atoms with Crippen LogP contribution >= 0.6 is 11.6 Å². The van der Waals surface area contributed by atoms with E-state index in [9.17, 15) is 4.79 Å². The van der Waals surface area contributed by atoms with Crippen molar-refractivity contribution in [3.8, 4) is 5.75 Å². The van der Waals surface area contributed by atoms with Crippen molar-refractivity contribution >= 4 is 17.5 Å². The lowest BCUT2D eigenvalue weighted by Crippen LogP contribution is -2.41. The second-order valence-corrected chi connectivity index (χ2v) is 8.72. The summed E-state index contributed by atoms with van der Waals surface area (Å²) in [5.41, 5.74) is 1.68. The lowest BCUT2D eigenvalue weighted by molar-refractivity contribution is 0.0716. The molecule has 7 heteroatoms. The smallest absolute Gasteiger partial charge is 0.273 e. The van der Waals surface area contributed by atoms with Crippen LogP contribution in [0.3, 0.4) is 0 Å². The summed E-state index contributed by atoms with van der Waals surface area (Å²) in [5.74, 6) is 0.755. The summed E-state index contributed by atoms with van der Waals surface area (Å²) in [7, 11) is 0. The third-order valence-electron chi connectivity index (χ3n) is 6.26. The zero-order chi connectivity index (χ0) is 20.8. The first-order chi connectivity index (χ1) is 14.7. The quantitative estimate of drug-likeness (QED) is 0.737. The topological polar surface area (TPSA) is 61.5 Å². The van der Waals surface area contributed by atoms with E-state index in [2.05, 4.69) is 33.3 Å². The highest BCUT2D eigenvalue weighted by Crippen LogP contribution is 2.24. The monoisotopic (exact) mass is 430 g/mol. The van der Waals surface area contributed by atoms with E-state index in [1.807, 2.05) is 11.0 Å². The number of hydrogen-bond acceptors (Lipinski definition) is 4. The largest absolute Gasteiger partial charge is 0.492 e. The van der Waals surface area contributed by atoms with Crippen LogP contribution < -0.4 is 4.74 Å². The molecular formula is C23H31ClN4O2. The van der Waals surface area contributed by atoms with Crippen LogP contribution in [0.15, 0.2) is 30.5 Å². The molecular weight excluding hydrogens is 400 g/mol. The summed E-state index contributed by atoms with van der Waals surface area (Å²) < 4.78 is 5.99. The highest BCUT2D eigenvalue weighted by molar-refractivity contribution is 6.33. The van der Waals surface area contributed by atoms with Crippen LogP contribution in [-0.4, -0.2) is 64.7 Å². The number of hydrogen-bond donors (Lipinski definition) is 1. The molecule has 1 atom stereocenters. The van der Waals surface area contributed by atoms with Gasteiger partial charge in [-0.3, -0.25) is 9.89 Å². The predicted molar refractivity (Wildman–Crippen MR) is 118 cm³/mol. The van der Waals surface area contributed by atoms with Crippen LogP contribution in [0.5, 0.6) is 5.75 Å². The van der Waals surface area contributed by atoms with E-state index in [4.69, 9.17) is 16.3 Å². The number of nitrogens with one attached hydrogen (secondary N) is 1. The molecule has 2 aliphatic rings. The molecule has 2 aromatic rings. The Morgan fingerprint density at radius 3 is 2.77 bits per heavy atom. The van der Waals surface area contributed by atoms with E-state index in [0.717, 1.165) is 31.6 Å². The Balaban J connectivity index is 1.49. The Morgan fingerprint density at radius 2 is 1.93 bits per heavy atom. The van der Waals surface area contributed by atoms with Gasteiger partial charge in [-0.2, -0.15) is 5.10 Å². The second-order valence-electron chi connectivity index (χ2n) is 8.31. The van der Waals surface area contributed by atoms with Crippen molar-refractivity contribution in [1.82, 2.24) is 20.0 Å². The van der Waals surface area contributed by atoms with Gasteiger partial charge in [0.25, 0.3) is 5.91 Å². The number of carbonyl (C=O) groups excluding carboxylic acids is 1. The first kappa shape index (κ1) is 21.2. The van der Waals surface area contributed by atoms with Crippen molar-refractivity contribution < 1.29 is 9.53 Å². The standard InChI is InChI=1S/C23H31ClN4O2/c24-21-17-25-26-22(21)23(29)28-13-4-3-12-27-11-2-1-7-19(27)10-9-18-6-5-8-20(16-18)30-15-14-28/h5-6,8,16-17,19H,1-4,7,9-15H2,(H,25,26). The molecule has 1 aromatic heterocycles. The van der Waals surface area contributed by atoms with Crippen molar-refractivity contribution in [2.45, 2.75) is 51.0 Å². The maximum absolute atomic E-state index is 13.0. The molecule has 4 rings (SSSR count). The van der Waals surface area contributed by atoms with Gasteiger partial charge in [0, 0.05) is 12.6 Å². The maximum atomic E-state index is 13.0. The minimum absolute atomic E-state index is 0.116. The van der Waals surface area contributed by atoms with Gasteiger partial charge in [0.05, 0.1) is 17.8 Å². The molecule has 3 heterocycles. The van der Waals surface area contributed by atoms with Gasteiger partial charge in [-0.1, -0.05) is 30.2 Å². The number of aromatic amines is 1. The van der Waals surface area contributed by atoms with Crippen molar-refractivity contribution in [3.05, 3.63) is 46.7 Å². The lowest BCUT2D eigenvalue weighted by atomic mass is 9.95. The molecule has 0 aliphatic carbocycles. The van der Waals surface area contributed by atoms with Gasteiger partial charge in [-0.15, -0.1) is 0 Å². The fourth-order valence-electron chi connectivity index (χ4n) is 4.59. The number of fused-ring (bicyclic) bond motifs is 3. The molecule has 1 N–H and O–H groups in total. The average molecular weight is 431 g/mol. The van der Waals surface area contributed by atoms with Gasteiger partial charge in [-0.25, -0.2) is 0 Å². The number of nitrogens with zero attached hydrogens (tertiary/aromatic N) is 3. The van der Waals surface area contributed by atoms with Crippen LogP contribution in [-0.2, 0) is 6.42 Å². The predicted octanol–water partition coefficient (Wildman–Crippen LogP) is 4.17. The molecule has 0 saturated carbocycles. The molecule has 1 aromatic carbocycles. The van der Waals surface area contributed by atoms with Gasteiger partial charge in [-0.05, 0) is 69.3 Å². The van der Waals surface area contributed by atoms with Crippen molar-refractivity contribution in [3.63, 3.8) is 0 Å². The number of rotatable bonds is 1. The number of amides is 1. The number of ether oxygens (including phenoxy) is 1. The van der Waals surface area contributed by atoms with Gasteiger partial charge in [0.2, 0.25) is 0 Å². The van der Waals surface area contributed by atoms with E-state index in [0.29, 0.717) is 36.5 Å². The fraction of sp³-hybridized carbons (Fsp3) is 0.565. The molecule has 0 radical (unpaired) electrons. The summed E-state index contributed by atoms with van der Waals surface area (Å²) in [6, 6.07) is 9.05. The fourth-order valence-corrected chi connectivity index (χ4v) is 4.76. The van der Waals surface area contributed by atoms with Crippen LogP contribution in [0.2, 0.25) is 5.02 Å². The van der Waals surface area contributed by atoms with Gasteiger partial charge < -0.3 is 14.5 Å². The van der Waals surface area contributed by atoms with E-state index in [-0.39, 0.29) is 5.91 Å². The van der Waals surface area contributed by atoms with Gasteiger partial charge in [0.15, 0.2) is 0 Å². The first-order valence-electron chi connectivity index (χ1n) is 11.1. The summed E-state index contributed by atoms with van der Waals surface area (Å²) in [6.45, 7) is 3.96. The molecule has 30 heavy (non-hydrogen) atoms. The Labute approximate surface area is 183 Å². The number of piperidine rings is 1. The first-order valence-corrected chi connectivity index (χ1v) is 11.5. The Bertz CT molecular complexity index is 840. The molecule has 2 aliphatic heterocycles. The molecule has 1 unspecified atom stereocenters. The summed E-state index contributed by atoms with van der Waals surface area (Å²) in [4.78, 5) is 17.5. The van der Waals surface area contributed by atoms with Crippen molar-refractivity contribution in [1.29, 1.82) is 0 Å².